The van der Waals surface area contributed by atoms with Crippen LogP contribution < -0.4 is 10.2 Å². The van der Waals surface area contributed by atoms with Crippen LogP contribution in [-0.2, 0) is 6.54 Å². The van der Waals surface area contributed by atoms with Crippen molar-refractivity contribution in [2.24, 2.45) is 0 Å². The molecule has 4 aromatic rings. The van der Waals surface area contributed by atoms with Crippen molar-refractivity contribution in [2.45, 2.75) is 26.5 Å². The number of rotatable bonds is 8. The van der Waals surface area contributed by atoms with Crippen molar-refractivity contribution < 1.29 is 14.3 Å². The molecule has 1 amide bonds. The summed E-state index contributed by atoms with van der Waals surface area (Å²) >= 11 is 0. The minimum atomic E-state index is -0.712. The third-order valence-corrected chi connectivity index (χ3v) is 5.65. The zero-order valence-corrected chi connectivity index (χ0v) is 19.7. The first-order valence-electron chi connectivity index (χ1n) is 11.3. The molecular formula is C28H27FN4O2. The van der Waals surface area contributed by atoms with E-state index >= 15 is 0 Å². The molecule has 0 aliphatic heterocycles. The molecule has 0 radical (unpaired) electrons. The van der Waals surface area contributed by atoms with Crippen molar-refractivity contribution in [3.63, 3.8) is 0 Å². The summed E-state index contributed by atoms with van der Waals surface area (Å²) in [6.45, 7) is 8.08. The van der Waals surface area contributed by atoms with Gasteiger partial charge in [0.1, 0.15) is 11.6 Å². The Morgan fingerprint density at radius 2 is 2.03 bits per heavy atom. The number of nitrogens with one attached hydrogen (secondary N) is 1. The third kappa shape index (κ3) is 5.53. The van der Waals surface area contributed by atoms with Crippen LogP contribution in [0.3, 0.4) is 0 Å². The quantitative estimate of drug-likeness (QED) is 0.379. The van der Waals surface area contributed by atoms with Gasteiger partial charge in [-0.1, -0.05) is 30.8 Å². The van der Waals surface area contributed by atoms with Gasteiger partial charge in [-0.05, 0) is 67.6 Å². The van der Waals surface area contributed by atoms with Gasteiger partial charge in [0.2, 0.25) is 0 Å². The van der Waals surface area contributed by atoms with E-state index in [2.05, 4.69) is 22.9 Å². The smallest absolute Gasteiger partial charge is 0.254 e. The SMILES string of the molecule is C=CN(Cc1ccc2ncccc2c1)c1nc(-c2ccc(C(=O)NC[C@@H](C)O)c(F)c2)ccc1C. The summed E-state index contributed by atoms with van der Waals surface area (Å²) < 4.78 is 14.7. The van der Waals surface area contributed by atoms with Crippen LogP contribution >= 0.6 is 0 Å². The fourth-order valence-electron chi connectivity index (χ4n) is 3.81. The van der Waals surface area contributed by atoms with Crippen molar-refractivity contribution in [1.29, 1.82) is 0 Å². The number of hydrogen-bond donors (Lipinski definition) is 2. The van der Waals surface area contributed by atoms with E-state index in [4.69, 9.17) is 4.98 Å². The third-order valence-electron chi connectivity index (χ3n) is 5.65. The number of fused-ring (bicyclic) bond motifs is 1. The van der Waals surface area contributed by atoms with E-state index in [0.29, 0.717) is 23.6 Å². The number of aryl methyl sites for hydroxylation is 1. The summed E-state index contributed by atoms with van der Waals surface area (Å²) in [5.74, 6) is -0.515. The summed E-state index contributed by atoms with van der Waals surface area (Å²) in [5, 5.41) is 12.9. The highest BCUT2D eigenvalue weighted by molar-refractivity contribution is 5.95. The number of aromatic nitrogens is 2. The number of aliphatic hydroxyl groups is 1. The van der Waals surface area contributed by atoms with Gasteiger partial charge in [0.25, 0.3) is 5.91 Å². The van der Waals surface area contributed by atoms with Crippen molar-refractivity contribution in [3.05, 3.63) is 102 Å². The summed E-state index contributed by atoms with van der Waals surface area (Å²) in [6, 6.07) is 18.2. The van der Waals surface area contributed by atoms with Crippen LogP contribution in [0.4, 0.5) is 10.2 Å². The normalized spacial score (nSPS) is 11.8. The van der Waals surface area contributed by atoms with Crippen molar-refractivity contribution >= 4 is 22.6 Å². The van der Waals surface area contributed by atoms with E-state index in [9.17, 15) is 14.3 Å². The Labute approximate surface area is 203 Å². The average Bonchev–Trinajstić information content (AvgIpc) is 2.86. The highest BCUT2D eigenvalue weighted by atomic mass is 19.1. The van der Waals surface area contributed by atoms with Crippen molar-refractivity contribution in [2.75, 3.05) is 11.4 Å². The van der Waals surface area contributed by atoms with Crippen LogP contribution in [0.1, 0.15) is 28.4 Å². The summed E-state index contributed by atoms with van der Waals surface area (Å²) in [6.07, 6.45) is 2.78. The Morgan fingerprint density at radius 3 is 2.77 bits per heavy atom. The average molecular weight is 471 g/mol. The zero-order valence-electron chi connectivity index (χ0n) is 19.7. The maximum absolute atomic E-state index is 14.7. The first-order valence-corrected chi connectivity index (χ1v) is 11.3. The number of halogens is 1. The number of carbonyl (C=O) groups excluding carboxylic acids is 1. The molecule has 7 heteroatoms. The Kier molecular flexibility index (Phi) is 7.17. The lowest BCUT2D eigenvalue weighted by molar-refractivity contribution is 0.0920. The molecule has 1 atom stereocenters. The second-order valence-electron chi connectivity index (χ2n) is 8.43. The molecule has 0 aliphatic rings. The van der Waals surface area contributed by atoms with Gasteiger partial charge in [0, 0.05) is 30.2 Å². The standard InChI is InChI=1S/C28H27FN4O2/c1-4-33(17-20-8-12-25-21(14-20)6-5-13-30-25)27-18(2)7-11-26(32-27)22-9-10-23(24(29)15-22)28(35)31-16-19(3)34/h4-15,19,34H,1,16-17H2,2-3H3,(H,31,35)/t19-/m1/s1. The molecule has 0 spiro atoms. The van der Waals surface area contributed by atoms with Gasteiger partial charge >= 0.3 is 0 Å². The highest BCUT2D eigenvalue weighted by Gasteiger charge is 2.16. The molecule has 2 aromatic carbocycles. The molecule has 2 aromatic heterocycles. The monoisotopic (exact) mass is 470 g/mol. The zero-order chi connectivity index (χ0) is 24.9. The fourth-order valence-corrected chi connectivity index (χ4v) is 3.81. The molecule has 2 heterocycles. The molecule has 0 fully saturated rings. The summed E-state index contributed by atoms with van der Waals surface area (Å²) in [5.41, 5.74) is 4.01. The second-order valence-corrected chi connectivity index (χ2v) is 8.43. The summed E-state index contributed by atoms with van der Waals surface area (Å²) in [7, 11) is 0. The number of pyridine rings is 2. The first kappa shape index (κ1) is 24.0. The van der Waals surface area contributed by atoms with E-state index in [1.165, 1.54) is 12.1 Å². The minimum Gasteiger partial charge on any atom is -0.392 e. The maximum Gasteiger partial charge on any atom is 0.254 e. The first-order chi connectivity index (χ1) is 16.9. The van der Waals surface area contributed by atoms with E-state index in [1.54, 1.807) is 25.4 Å². The molecule has 4 rings (SSSR count). The molecule has 0 saturated carbocycles. The van der Waals surface area contributed by atoms with Crippen LogP contribution in [0.15, 0.2) is 79.6 Å². The number of anilines is 1. The van der Waals surface area contributed by atoms with E-state index in [-0.39, 0.29) is 12.1 Å². The van der Waals surface area contributed by atoms with Crippen LogP contribution in [0.2, 0.25) is 0 Å². The van der Waals surface area contributed by atoms with Crippen LogP contribution in [-0.4, -0.2) is 33.6 Å². The number of amides is 1. The van der Waals surface area contributed by atoms with Gasteiger partial charge in [-0.25, -0.2) is 9.37 Å². The van der Waals surface area contributed by atoms with Crippen LogP contribution in [0.25, 0.3) is 22.2 Å². The van der Waals surface area contributed by atoms with Crippen LogP contribution in [0, 0.1) is 12.7 Å². The lowest BCUT2D eigenvalue weighted by atomic mass is 10.1. The number of nitrogens with zero attached hydrogens (tertiary/aromatic N) is 3. The van der Waals surface area contributed by atoms with Gasteiger partial charge in [0.05, 0.1) is 22.9 Å². The summed E-state index contributed by atoms with van der Waals surface area (Å²) in [4.78, 5) is 23.3. The molecule has 2 N–H and O–H groups in total. The molecular weight excluding hydrogens is 443 g/mol. The Morgan fingerprint density at radius 1 is 1.20 bits per heavy atom. The van der Waals surface area contributed by atoms with Crippen molar-refractivity contribution in [3.8, 4) is 11.3 Å². The number of carbonyl (C=O) groups is 1. The highest BCUT2D eigenvalue weighted by Crippen LogP contribution is 2.27. The number of hydrogen-bond acceptors (Lipinski definition) is 5. The molecule has 6 nitrogen and oxygen atoms in total. The van der Waals surface area contributed by atoms with Crippen molar-refractivity contribution in [1.82, 2.24) is 15.3 Å². The van der Waals surface area contributed by atoms with Gasteiger partial charge < -0.3 is 15.3 Å². The number of aliphatic hydroxyl groups excluding tert-OH is 1. The Bertz CT molecular complexity index is 1390. The molecule has 0 bridgehead atoms. The predicted octanol–water partition coefficient (Wildman–Crippen LogP) is 5.01. The maximum atomic E-state index is 14.7. The van der Waals surface area contributed by atoms with Gasteiger partial charge in [-0.2, -0.15) is 0 Å². The Hall–Kier alpha value is -4.10. The Balaban J connectivity index is 1.60. The largest absolute Gasteiger partial charge is 0.392 e. The van der Waals surface area contributed by atoms with E-state index < -0.39 is 17.8 Å². The lowest BCUT2D eigenvalue weighted by Gasteiger charge is -2.22. The van der Waals surface area contributed by atoms with Gasteiger partial charge in [-0.15, -0.1) is 0 Å². The van der Waals surface area contributed by atoms with E-state index in [1.807, 2.05) is 48.2 Å². The minimum absolute atomic E-state index is 0.0496. The fraction of sp³-hybridized carbons (Fsp3) is 0.179. The van der Waals surface area contributed by atoms with Gasteiger partial charge in [-0.3, -0.25) is 9.78 Å². The number of benzene rings is 2. The topological polar surface area (TPSA) is 78.4 Å². The van der Waals surface area contributed by atoms with E-state index in [0.717, 1.165) is 22.0 Å². The second kappa shape index (κ2) is 10.4. The van der Waals surface area contributed by atoms with Gasteiger partial charge in [0.15, 0.2) is 0 Å². The molecule has 0 aliphatic carbocycles. The molecule has 35 heavy (non-hydrogen) atoms. The molecule has 0 saturated heterocycles. The van der Waals surface area contributed by atoms with Crippen LogP contribution in [0.5, 0.6) is 0 Å². The predicted molar refractivity (Wildman–Crippen MR) is 137 cm³/mol. The lowest BCUT2D eigenvalue weighted by Crippen LogP contribution is -2.31. The molecule has 178 valence electrons. The molecule has 0 unspecified atom stereocenters.